The van der Waals surface area contributed by atoms with Crippen LogP contribution in [0.25, 0.3) is 16.6 Å². The molecule has 164 valence electrons. The first kappa shape index (κ1) is 21.0. The maximum absolute atomic E-state index is 13.2. The minimum absolute atomic E-state index is 0.157. The summed E-state index contributed by atoms with van der Waals surface area (Å²) in [6.45, 7) is 1.97. The first-order valence-electron chi connectivity index (χ1n) is 10.7. The summed E-state index contributed by atoms with van der Waals surface area (Å²) < 4.78 is 1.98. The lowest BCUT2D eigenvalue weighted by Crippen LogP contribution is -2.26. The van der Waals surface area contributed by atoms with Crippen molar-refractivity contribution in [2.45, 2.75) is 49.4 Å². The standard InChI is InChI=1S/C23H23N5O2S2/c1-2-16(21(30)25-22-19(20(24)29)14-8-4-6-10-17(14)31-22)32-23-27-26-18-12-11-13-7-3-5-9-15(13)28(18)23/h3,5,7,9,11-12,16H,2,4,6,8,10H2,1H3,(H2,24,29)(H,25,30). The van der Waals surface area contributed by atoms with Crippen LogP contribution < -0.4 is 11.1 Å². The van der Waals surface area contributed by atoms with Crippen molar-refractivity contribution < 1.29 is 9.59 Å². The van der Waals surface area contributed by atoms with E-state index in [1.165, 1.54) is 23.1 Å². The molecule has 2 amide bonds. The van der Waals surface area contributed by atoms with Crippen molar-refractivity contribution >= 4 is 56.5 Å². The molecule has 32 heavy (non-hydrogen) atoms. The quantitative estimate of drug-likeness (QED) is 0.410. The number of rotatable bonds is 6. The molecule has 9 heteroatoms. The largest absolute Gasteiger partial charge is 0.365 e. The summed E-state index contributed by atoms with van der Waals surface area (Å²) in [4.78, 5) is 26.5. The number of para-hydroxylation sites is 1. The number of hydrogen-bond donors (Lipinski definition) is 2. The summed E-state index contributed by atoms with van der Waals surface area (Å²) in [6, 6.07) is 12.0. The van der Waals surface area contributed by atoms with Crippen molar-refractivity contribution in [2.24, 2.45) is 5.73 Å². The third-order valence-electron chi connectivity index (χ3n) is 5.81. The second-order valence-corrected chi connectivity index (χ2v) is 10.1. The number of nitrogens with two attached hydrogens (primary N) is 1. The molecule has 0 spiro atoms. The number of hydrogen-bond acceptors (Lipinski definition) is 6. The Morgan fingerprint density at radius 2 is 2.00 bits per heavy atom. The Morgan fingerprint density at radius 3 is 2.81 bits per heavy atom. The van der Waals surface area contributed by atoms with Crippen LogP contribution in [0.2, 0.25) is 0 Å². The number of carbonyl (C=O) groups excluding carboxylic acids is 2. The van der Waals surface area contributed by atoms with E-state index in [9.17, 15) is 9.59 Å². The number of aromatic nitrogens is 3. The number of anilines is 1. The molecule has 0 saturated heterocycles. The molecule has 1 unspecified atom stereocenters. The van der Waals surface area contributed by atoms with E-state index in [1.54, 1.807) is 0 Å². The number of pyridine rings is 1. The molecule has 0 aliphatic heterocycles. The van der Waals surface area contributed by atoms with Gasteiger partial charge in [-0.1, -0.05) is 36.9 Å². The number of nitrogens with one attached hydrogen (secondary N) is 1. The SMILES string of the molecule is CCC(Sc1nnc2ccc3ccccc3n12)C(=O)Nc1sc2c(c1C(N)=O)CCCC2. The van der Waals surface area contributed by atoms with Crippen LogP contribution in [0.3, 0.4) is 0 Å². The molecule has 1 aliphatic carbocycles. The van der Waals surface area contributed by atoms with E-state index >= 15 is 0 Å². The predicted molar refractivity (Wildman–Crippen MR) is 129 cm³/mol. The van der Waals surface area contributed by atoms with Gasteiger partial charge in [0.15, 0.2) is 10.8 Å². The van der Waals surface area contributed by atoms with Crippen molar-refractivity contribution in [1.82, 2.24) is 14.6 Å². The van der Waals surface area contributed by atoms with Gasteiger partial charge in [-0.15, -0.1) is 21.5 Å². The number of thioether (sulfide) groups is 1. The van der Waals surface area contributed by atoms with E-state index in [2.05, 4.69) is 15.5 Å². The van der Waals surface area contributed by atoms with Gasteiger partial charge in [-0.3, -0.25) is 14.0 Å². The van der Waals surface area contributed by atoms with Gasteiger partial charge in [0.2, 0.25) is 5.91 Å². The molecule has 1 aliphatic rings. The molecule has 3 aromatic heterocycles. The Morgan fingerprint density at radius 1 is 1.19 bits per heavy atom. The summed E-state index contributed by atoms with van der Waals surface area (Å²) >= 11 is 2.87. The van der Waals surface area contributed by atoms with Crippen LogP contribution in [-0.2, 0) is 17.6 Å². The van der Waals surface area contributed by atoms with Crippen LogP contribution in [0, 0.1) is 0 Å². The van der Waals surface area contributed by atoms with Crippen molar-refractivity contribution in [3.05, 3.63) is 52.4 Å². The van der Waals surface area contributed by atoms with Gasteiger partial charge in [0.1, 0.15) is 5.00 Å². The molecule has 0 fully saturated rings. The van der Waals surface area contributed by atoms with E-state index in [-0.39, 0.29) is 11.2 Å². The lowest BCUT2D eigenvalue weighted by atomic mass is 9.95. The molecule has 1 atom stereocenters. The first-order chi connectivity index (χ1) is 15.6. The van der Waals surface area contributed by atoms with Crippen LogP contribution in [-0.4, -0.2) is 31.7 Å². The molecule has 0 bridgehead atoms. The molecule has 0 radical (unpaired) electrons. The molecular formula is C23H23N5O2S2. The maximum Gasteiger partial charge on any atom is 0.251 e. The van der Waals surface area contributed by atoms with Gasteiger partial charge in [-0.05, 0) is 61.3 Å². The van der Waals surface area contributed by atoms with Gasteiger partial charge >= 0.3 is 0 Å². The molecule has 4 aromatic rings. The number of amides is 2. The normalized spacial score (nSPS) is 14.4. The molecule has 3 heterocycles. The van der Waals surface area contributed by atoms with Gasteiger partial charge in [-0.2, -0.15) is 0 Å². The van der Waals surface area contributed by atoms with Gasteiger partial charge in [0, 0.05) is 4.88 Å². The van der Waals surface area contributed by atoms with E-state index in [1.807, 2.05) is 47.7 Å². The topological polar surface area (TPSA) is 102 Å². The number of fused-ring (bicyclic) bond motifs is 4. The second kappa shape index (κ2) is 8.55. The Labute approximate surface area is 193 Å². The average Bonchev–Trinajstić information content (AvgIpc) is 3.38. The molecule has 0 saturated carbocycles. The zero-order chi connectivity index (χ0) is 22.2. The fraction of sp³-hybridized carbons (Fsp3) is 0.304. The predicted octanol–water partition coefficient (Wildman–Crippen LogP) is 4.43. The Bertz CT molecular complexity index is 1340. The molecule has 3 N–H and O–H groups in total. The number of thiophene rings is 1. The fourth-order valence-electron chi connectivity index (χ4n) is 4.24. The third kappa shape index (κ3) is 3.65. The highest BCUT2D eigenvalue weighted by molar-refractivity contribution is 8.00. The van der Waals surface area contributed by atoms with Gasteiger partial charge in [-0.25, -0.2) is 0 Å². The smallest absolute Gasteiger partial charge is 0.251 e. The van der Waals surface area contributed by atoms with Crippen molar-refractivity contribution in [1.29, 1.82) is 0 Å². The van der Waals surface area contributed by atoms with Gasteiger partial charge in [0.25, 0.3) is 5.91 Å². The zero-order valence-electron chi connectivity index (χ0n) is 17.6. The number of benzene rings is 1. The van der Waals surface area contributed by atoms with Crippen LogP contribution in [0.5, 0.6) is 0 Å². The summed E-state index contributed by atoms with van der Waals surface area (Å²) in [6.07, 6.45) is 4.51. The van der Waals surface area contributed by atoms with Crippen LogP contribution in [0.4, 0.5) is 5.00 Å². The summed E-state index contributed by atoms with van der Waals surface area (Å²) in [5, 5.41) is 13.6. The maximum atomic E-state index is 13.2. The van der Waals surface area contributed by atoms with E-state index in [4.69, 9.17) is 5.73 Å². The number of aryl methyl sites for hydroxylation is 1. The van der Waals surface area contributed by atoms with Gasteiger partial charge in [0.05, 0.1) is 16.3 Å². The minimum atomic E-state index is -0.477. The minimum Gasteiger partial charge on any atom is -0.365 e. The number of nitrogens with zero attached hydrogens (tertiary/aromatic N) is 3. The second-order valence-electron chi connectivity index (χ2n) is 7.85. The molecule has 1 aromatic carbocycles. The van der Waals surface area contributed by atoms with Crippen LogP contribution >= 0.6 is 23.1 Å². The summed E-state index contributed by atoms with van der Waals surface area (Å²) in [5.41, 5.74) is 8.91. The van der Waals surface area contributed by atoms with E-state index < -0.39 is 5.91 Å². The highest BCUT2D eigenvalue weighted by atomic mass is 32.2. The molecule has 5 rings (SSSR count). The summed E-state index contributed by atoms with van der Waals surface area (Å²) in [7, 11) is 0. The lowest BCUT2D eigenvalue weighted by Gasteiger charge is -2.14. The van der Waals surface area contributed by atoms with Gasteiger partial charge < -0.3 is 11.1 Å². The average molecular weight is 466 g/mol. The third-order valence-corrected chi connectivity index (χ3v) is 8.33. The lowest BCUT2D eigenvalue weighted by molar-refractivity contribution is -0.115. The van der Waals surface area contributed by atoms with Crippen molar-refractivity contribution in [3.8, 4) is 0 Å². The van der Waals surface area contributed by atoms with Crippen LogP contribution in [0.1, 0.15) is 47.0 Å². The monoisotopic (exact) mass is 465 g/mol. The zero-order valence-corrected chi connectivity index (χ0v) is 19.3. The van der Waals surface area contributed by atoms with E-state index in [0.29, 0.717) is 22.1 Å². The molecule has 7 nitrogen and oxygen atoms in total. The Hall–Kier alpha value is -2.91. The van der Waals surface area contributed by atoms with Crippen LogP contribution in [0.15, 0.2) is 41.6 Å². The molecular weight excluding hydrogens is 442 g/mol. The first-order valence-corrected chi connectivity index (χ1v) is 12.4. The fourth-order valence-corrected chi connectivity index (χ4v) is 6.51. The Balaban J connectivity index is 1.44. The Kier molecular flexibility index (Phi) is 5.60. The van der Waals surface area contributed by atoms with Crippen molar-refractivity contribution in [3.63, 3.8) is 0 Å². The highest BCUT2D eigenvalue weighted by Gasteiger charge is 2.28. The highest BCUT2D eigenvalue weighted by Crippen LogP contribution is 2.38. The van der Waals surface area contributed by atoms with E-state index in [0.717, 1.165) is 52.7 Å². The summed E-state index contributed by atoms with van der Waals surface area (Å²) in [5.74, 6) is -0.633. The number of primary amides is 1. The van der Waals surface area contributed by atoms with Crippen molar-refractivity contribution in [2.75, 3.05) is 5.32 Å². The number of carbonyl (C=O) groups is 2.